The molecule has 0 aromatic heterocycles. The minimum Gasteiger partial charge on any atom is -0.352 e. The van der Waals surface area contributed by atoms with Gasteiger partial charge in [-0.2, -0.15) is 0 Å². The van der Waals surface area contributed by atoms with Gasteiger partial charge in [-0.15, -0.1) is 0 Å². The molecule has 1 aliphatic carbocycles. The quantitative estimate of drug-likeness (QED) is 0.501. The average molecular weight is 510 g/mol. The molecule has 1 unspecified atom stereocenters. The molecule has 0 saturated heterocycles. The van der Waals surface area contributed by atoms with Crippen molar-refractivity contribution in [2.24, 2.45) is 0 Å². The molecule has 2 aliphatic rings. The third-order valence-electron chi connectivity index (χ3n) is 7.04. The van der Waals surface area contributed by atoms with Crippen LogP contribution in [0.15, 0.2) is 48.5 Å². The van der Waals surface area contributed by atoms with E-state index in [9.17, 15) is 19.2 Å². The minimum absolute atomic E-state index is 0.113. The largest absolute Gasteiger partial charge is 0.352 e. The Balaban J connectivity index is 1.40. The van der Waals surface area contributed by atoms with E-state index in [1.165, 1.54) is 11.3 Å². The number of fused-ring (bicyclic) bond motifs is 1. The molecule has 0 bridgehead atoms. The third kappa shape index (κ3) is 5.95. The summed E-state index contributed by atoms with van der Waals surface area (Å²) in [6, 6.07) is 13.4. The maximum absolute atomic E-state index is 13.3. The van der Waals surface area contributed by atoms with E-state index in [0.29, 0.717) is 22.6 Å². The molecule has 0 radical (unpaired) electrons. The zero-order valence-corrected chi connectivity index (χ0v) is 21.3. The molecule has 2 aromatic rings. The van der Waals surface area contributed by atoms with Gasteiger partial charge in [-0.3, -0.25) is 24.1 Å². The van der Waals surface area contributed by atoms with E-state index in [1.54, 1.807) is 48.2 Å². The monoisotopic (exact) mass is 509 g/mol. The molecule has 4 amide bonds. The third-order valence-corrected chi connectivity index (χ3v) is 7.29. The van der Waals surface area contributed by atoms with E-state index in [1.807, 2.05) is 12.1 Å². The summed E-state index contributed by atoms with van der Waals surface area (Å²) in [7, 11) is 0. The van der Waals surface area contributed by atoms with E-state index in [4.69, 9.17) is 11.6 Å². The van der Waals surface area contributed by atoms with Gasteiger partial charge < -0.3 is 10.2 Å². The standard InChI is InChI=1S/C28H32ClN3O4/c1-19(26(34)30-22-8-3-2-4-9-22)32(18-20-13-15-21(29)16-14-20)25(33)12-7-17-31-27(35)23-10-5-6-11-24(23)28(31)36/h5-6,10-11,13-16,19,22H,2-4,7-9,12,17-18H2,1H3,(H,30,34). The van der Waals surface area contributed by atoms with E-state index in [0.717, 1.165) is 31.2 Å². The zero-order chi connectivity index (χ0) is 25.7. The summed E-state index contributed by atoms with van der Waals surface area (Å²) >= 11 is 6.02. The molecule has 36 heavy (non-hydrogen) atoms. The van der Waals surface area contributed by atoms with E-state index >= 15 is 0 Å². The van der Waals surface area contributed by atoms with Gasteiger partial charge in [0.1, 0.15) is 6.04 Å². The number of hydrogen-bond acceptors (Lipinski definition) is 4. The van der Waals surface area contributed by atoms with Crippen molar-refractivity contribution in [1.29, 1.82) is 0 Å². The Morgan fingerprint density at radius 3 is 2.22 bits per heavy atom. The van der Waals surface area contributed by atoms with Crippen LogP contribution in [-0.2, 0) is 16.1 Å². The lowest BCUT2D eigenvalue weighted by Gasteiger charge is -2.31. The normalized spacial score (nSPS) is 16.6. The van der Waals surface area contributed by atoms with Crippen LogP contribution in [0.2, 0.25) is 5.02 Å². The van der Waals surface area contributed by atoms with Gasteiger partial charge in [0.05, 0.1) is 11.1 Å². The highest BCUT2D eigenvalue weighted by atomic mass is 35.5. The topological polar surface area (TPSA) is 86.8 Å². The lowest BCUT2D eigenvalue weighted by molar-refractivity contribution is -0.141. The first-order valence-corrected chi connectivity index (χ1v) is 13.0. The number of halogens is 1. The van der Waals surface area contributed by atoms with Crippen molar-refractivity contribution in [2.75, 3.05) is 6.54 Å². The van der Waals surface area contributed by atoms with Crippen LogP contribution in [0.1, 0.15) is 78.1 Å². The highest BCUT2D eigenvalue weighted by Crippen LogP contribution is 2.23. The molecule has 4 rings (SSSR count). The summed E-state index contributed by atoms with van der Waals surface area (Å²) < 4.78 is 0. The lowest BCUT2D eigenvalue weighted by Crippen LogP contribution is -2.50. The SMILES string of the molecule is CC(C(=O)NC1CCCCC1)N(Cc1ccc(Cl)cc1)C(=O)CCCN1C(=O)c2ccccc2C1=O. The number of imide groups is 1. The molecule has 2 aromatic carbocycles. The summed E-state index contributed by atoms with van der Waals surface area (Å²) in [5.41, 5.74) is 1.66. The molecule has 1 N–H and O–H groups in total. The first-order valence-electron chi connectivity index (χ1n) is 12.6. The Bertz CT molecular complexity index is 1090. The highest BCUT2D eigenvalue weighted by Gasteiger charge is 2.35. The van der Waals surface area contributed by atoms with Crippen LogP contribution in [0.3, 0.4) is 0 Å². The van der Waals surface area contributed by atoms with Gasteiger partial charge in [0.15, 0.2) is 0 Å². The molecule has 0 spiro atoms. The zero-order valence-electron chi connectivity index (χ0n) is 20.5. The van der Waals surface area contributed by atoms with Crippen LogP contribution in [-0.4, -0.2) is 52.1 Å². The van der Waals surface area contributed by atoms with Crippen molar-refractivity contribution >= 4 is 35.2 Å². The van der Waals surface area contributed by atoms with Crippen molar-refractivity contribution in [1.82, 2.24) is 15.1 Å². The molecule has 1 heterocycles. The predicted octanol–water partition coefficient (Wildman–Crippen LogP) is 4.58. The molecule has 1 aliphatic heterocycles. The smallest absolute Gasteiger partial charge is 0.261 e. The number of rotatable bonds is 9. The molecule has 1 saturated carbocycles. The Morgan fingerprint density at radius 2 is 1.61 bits per heavy atom. The molecular formula is C28H32ClN3O4. The van der Waals surface area contributed by atoms with Gasteiger partial charge in [-0.05, 0) is 56.0 Å². The first-order chi connectivity index (χ1) is 17.3. The van der Waals surface area contributed by atoms with E-state index in [2.05, 4.69) is 5.32 Å². The fraction of sp³-hybridized carbons (Fsp3) is 0.429. The summed E-state index contributed by atoms with van der Waals surface area (Å²) in [6.07, 6.45) is 5.75. The molecule has 1 atom stereocenters. The summed E-state index contributed by atoms with van der Waals surface area (Å²) in [6.45, 7) is 2.16. The van der Waals surface area contributed by atoms with E-state index < -0.39 is 6.04 Å². The number of nitrogens with zero attached hydrogens (tertiary/aromatic N) is 2. The lowest BCUT2D eigenvalue weighted by atomic mass is 9.95. The maximum atomic E-state index is 13.3. The van der Waals surface area contributed by atoms with Gasteiger partial charge in [0.2, 0.25) is 11.8 Å². The predicted molar refractivity (Wildman–Crippen MR) is 138 cm³/mol. The van der Waals surface area contributed by atoms with Crippen LogP contribution in [0.4, 0.5) is 0 Å². The number of hydrogen-bond donors (Lipinski definition) is 1. The van der Waals surface area contributed by atoms with Gasteiger partial charge in [-0.25, -0.2) is 0 Å². The summed E-state index contributed by atoms with van der Waals surface area (Å²) in [5, 5.41) is 3.72. The first kappa shape index (κ1) is 25.9. The fourth-order valence-electron chi connectivity index (χ4n) is 4.91. The van der Waals surface area contributed by atoms with Crippen LogP contribution in [0.5, 0.6) is 0 Å². The van der Waals surface area contributed by atoms with Gasteiger partial charge >= 0.3 is 0 Å². The van der Waals surface area contributed by atoms with Crippen molar-refractivity contribution in [3.05, 3.63) is 70.2 Å². The second-order valence-corrected chi connectivity index (χ2v) is 10.0. The second-order valence-electron chi connectivity index (χ2n) is 9.58. The Morgan fingerprint density at radius 1 is 1.00 bits per heavy atom. The Kier molecular flexibility index (Phi) is 8.41. The van der Waals surface area contributed by atoms with Crippen molar-refractivity contribution < 1.29 is 19.2 Å². The second kappa shape index (κ2) is 11.7. The van der Waals surface area contributed by atoms with Crippen LogP contribution in [0, 0.1) is 0 Å². The highest BCUT2D eigenvalue weighted by molar-refractivity contribution is 6.30. The van der Waals surface area contributed by atoms with Crippen LogP contribution >= 0.6 is 11.6 Å². The molecule has 190 valence electrons. The minimum atomic E-state index is -0.658. The number of carbonyl (C=O) groups excluding carboxylic acids is 4. The Hall–Kier alpha value is -3.19. The number of nitrogens with one attached hydrogen (secondary N) is 1. The van der Waals surface area contributed by atoms with Crippen molar-refractivity contribution in [3.8, 4) is 0 Å². The maximum Gasteiger partial charge on any atom is 0.261 e. The molecule has 7 nitrogen and oxygen atoms in total. The summed E-state index contributed by atoms with van der Waals surface area (Å²) in [4.78, 5) is 54.4. The number of benzene rings is 2. The summed E-state index contributed by atoms with van der Waals surface area (Å²) in [5.74, 6) is -1.03. The van der Waals surface area contributed by atoms with Gasteiger partial charge in [-0.1, -0.05) is 55.1 Å². The van der Waals surface area contributed by atoms with E-state index in [-0.39, 0.29) is 49.2 Å². The van der Waals surface area contributed by atoms with Gasteiger partial charge in [0.25, 0.3) is 11.8 Å². The van der Waals surface area contributed by atoms with Crippen LogP contribution in [0.25, 0.3) is 0 Å². The van der Waals surface area contributed by atoms with Crippen molar-refractivity contribution in [2.45, 2.75) is 70.5 Å². The van der Waals surface area contributed by atoms with Crippen molar-refractivity contribution in [3.63, 3.8) is 0 Å². The van der Waals surface area contributed by atoms with Crippen LogP contribution < -0.4 is 5.32 Å². The fourth-order valence-corrected chi connectivity index (χ4v) is 5.04. The number of amides is 4. The molecular weight excluding hydrogens is 478 g/mol. The van der Waals surface area contributed by atoms with Gasteiger partial charge in [0, 0.05) is 30.6 Å². The Labute approximate surface area is 216 Å². The molecule has 8 heteroatoms. The number of carbonyl (C=O) groups is 4. The average Bonchev–Trinajstić information content (AvgIpc) is 3.13. The molecule has 1 fully saturated rings.